The van der Waals surface area contributed by atoms with Gasteiger partial charge in [0.05, 0.1) is 19.0 Å². The summed E-state index contributed by atoms with van der Waals surface area (Å²) in [4.78, 5) is 27.1. The lowest BCUT2D eigenvalue weighted by molar-refractivity contribution is 0.0600. The molecule has 0 bridgehead atoms. The molecule has 0 saturated carbocycles. The summed E-state index contributed by atoms with van der Waals surface area (Å²) >= 11 is 0. The highest BCUT2D eigenvalue weighted by atomic mass is 16.5. The monoisotopic (exact) mass is 302 g/mol. The van der Waals surface area contributed by atoms with E-state index >= 15 is 0 Å². The predicted octanol–water partition coefficient (Wildman–Crippen LogP) is 1.88. The van der Waals surface area contributed by atoms with Crippen LogP contribution in [0.5, 0.6) is 0 Å². The molecule has 0 aliphatic carbocycles. The first-order valence-corrected chi connectivity index (χ1v) is 6.88. The number of hydrogen-bond acceptors (Lipinski definition) is 4. The number of urea groups is 1. The van der Waals surface area contributed by atoms with Crippen molar-refractivity contribution in [2.24, 2.45) is 0 Å². The van der Waals surface area contributed by atoms with Gasteiger partial charge >= 0.3 is 12.0 Å². The van der Waals surface area contributed by atoms with E-state index in [1.165, 1.54) is 7.11 Å². The first kappa shape index (κ1) is 15.6. The average molecular weight is 302 g/mol. The van der Waals surface area contributed by atoms with Crippen LogP contribution < -0.4 is 10.6 Å². The number of aryl methyl sites for hydroxylation is 1. The minimum atomic E-state index is -0.440. The summed E-state index contributed by atoms with van der Waals surface area (Å²) in [5.74, 6) is -0.440. The van der Waals surface area contributed by atoms with Crippen molar-refractivity contribution in [1.82, 2.24) is 14.9 Å². The van der Waals surface area contributed by atoms with Crippen LogP contribution in [0.3, 0.4) is 0 Å². The summed E-state index contributed by atoms with van der Waals surface area (Å²) in [6, 6.07) is 6.27. The molecule has 7 nitrogen and oxygen atoms in total. The second-order valence-corrected chi connectivity index (χ2v) is 4.61. The highest BCUT2D eigenvalue weighted by molar-refractivity contribution is 5.93. The van der Waals surface area contributed by atoms with Crippen molar-refractivity contribution >= 4 is 17.7 Å². The van der Waals surface area contributed by atoms with E-state index in [0.29, 0.717) is 17.8 Å². The van der Waals surface area contributed by atoms with E-state index in [0.717, 1.165) is 13.0 Å². The molecule has 0 radical (unpaired) electrons. The standard InChI is InChI=1S/C15H18N4O3/c1-22-14(20)12-4-2-5-13(10-12)18-15(21)17-6-3-8-19-9-7-16-11-19/h2,4-5,7,9-11H,3,6,8H2,1H3,(H2,17,18,21). The van der Waals surface area contributed by atoms with Gasteiger partial charge < -0.3 is 19.9 Å². The largest absolute Gasteiger partial charge is 0.465 e. The summed E-state index contributed by atoms with van der Waals surface area (Å²) in [5.41, 5.74) is 0.926. The Balaban J connectivity index is 1.75. The van der Waals surface area contributed by atoms with Crippen molar-refractivity contribution in [1.29, 1.82) is 0 Å². The van der Waals surface area contributed by atoms with Crippen LogP contribution in [-0.2, 0) is 11.3 Å². The fraction of sp³-hybridized carbons (Fsp3) is 0.267. The number of ether oxygens (including phenoxy) is 1. The molecule has 0 atom stereocenters. The van der Waals surface area contributed by atoms with Gasteiger partial charge in [-0.3, -0.25) is 0 Å². The van der Waals surface area contributed by atoms with Crippen molar-refractivity contribution in [3.63, 3.8) is 0 Å². The quantitative estimate of drug-likeness (QED) is 0.630. The zero-order chi connectivity index (χ0) is 15.8. The van der Waals surface area contributed by atoms with Crippen molar-refractivity contribution in [3.05, 3.63) is 48.5 Å². The summed E-state index contributed by atoms with van der Waals surface area (Å²) in [6.45, 7) is 1.33. The summed E-state index contributed by atoms with van der Waals surface area (Å²) in [5, 5.41) is 5.43. The number of nitrogens with one attached hydrogen (secondary N) is 2. The Labute approximate surface area is 128 Å². The molecule has 7 heteroatoms. The minimum Gasteiger partial charge on any atom is -0.465 e. The van der Waals surface area contributed by atoms with Gasteiger partial charge in [0.25, 0.3) is 0 Å². The van der Waals surface area contributed by atoms with Crippen LogP contribution in [0.4, 0.5) is 10.5 Å². The molecule has 0 fully saturated rings. The number of carbonyl (C=O) groups excluding carboxylic acids is 2. The molecule has 1 aromatic carbocycles. The Morgan fingerprint density at radius 3 is 2.95 bits per heavy atom. The summed E-state index contributed by atoms with van der Waals surface area (Å²) in [7, 11) is 1.31. The van der Waals surface area contributed by atoms with Gasteiger partial charge in [-0.2, -0.15) is 0 Å². The molecule has 0 unspecified atom stereocenters. The third-order valence-corrected chi connectivity index (χ3v) is 2.98. The van der Waals surface area contributed by atoms with Crippen molar-refractivity contribution in [2.45, 2.75) is 13.0 Å². The fourth-order valence-corrected chi connectivity index (χ4v) is 1.90. The van der Waals surface area contributed by atoms with E-state index in [4.69, 9.17) is 0 Å². The number of esters is 1. The van der Waals surface area contributed by atoms with E-state index in [9.17, 15) is 9.59 Å². The Kier molecular flexibility index (Phi) is 5.53. The predicted molar refractivity (Wildman–Crippen MR) is 81.6 cm³/mol. The van der Waals surface area contributed by atoms with Crippen molar-refractivity contribution in [3.8, 4) is 0 Å². The molecule has 0 spiro atoms. The van der Waals surface area contributed by atoms with Crippen LogP contribution in [0.2, 0.25) is 0 Å². The number of methoxy groups -OCH3 is 1. The van der Waals surface area contributed by atoms with Gasteiger partial charge in [-0.1, -0.05) is 6.07 Å². The number of nitrogens with zero attached hydrogens (tertiary/aromatic N) is 2. The van der Waals surface area contributed by atoms with E-state index < -0.39 is 5.97 Å². The lowest BCUT2D eigenvalue weighted by Gasteiger charge is -2.08. The van der Waals surface area contributed by atoms with Gasteiger partial charge in [0.15, 0.2) is 0 Å². The molecular weight excluding hydrogens is 284 g/mol. The number of aromatic nitrogens is 2. The van der Waals surface area contributed by atoms with Gasteiger partial charge in [0, 0.05) is 31.2 Å². The number of imidazole rings is 1. The van der Waals surface area contributed by atoms with Crippen LogP contribution >= 0.6 is 0 Å². The van der Waals surface area contributed by atoms with Gasteiger partial charge in [0.2, 0.25) is 0 Å². The maximum atomic E-state index is 11.8. The Morgan fingerprint density at radius 2 is 2.23 bits per heavy atom. The zero-order valence-corrected chi connectivity index (χ0v) is 12.3. The van der Waals surface area contributed by atoms with E-state index in [2.05, 4.69) is 20.4 Å². The minimum absolute atomic E-state index is 0.312. The normalized spacial score (nSPS) is 10.0. The molecule has 2 N–H and O–H groups in total. The van der Waals surface area contributed by atoms with E-state index in [1.54, 1.807) is 36.8 Å². The van der Waals surface area contributed by atoms with Crippen LogP contribution in [-0.4, -0.2) is 35.2 Å². The van der Waals surface area contributed by atoms with Crippen LogP contribution in [0, 0.1) is 0 Å². The van der Waals surface area contributed by atoms with Crippen molar-refractivity contribution in [2.75, 3.05) is 19.0 Å². The molecule has 0 aliphatic heterocycles. The molecule has 116 valence electrons. The molecule has 2 amide bonds. The number of benzene rings is 1. The first-order valence-electron chi connectivity index (χ1n) is 6.88. The lowest BCUT2D eigenvalue weighted by atomic mass is 10.2. The third-order valence-electron chi connectivity index (χ3n) is 2.98. The molecule has 2 rings (SSSR count). The number of carbonyl (C=O) groups is 2. The molecule has 1 heterocycles. The number of anilines is 1. The van der Waals surface area contributed by atoms with Gasteiger partial charge in [0.1, 0.15) is 0 Å². The SMILES string of the molecule is COC(=O)c1cccc(NC(=O)NCCCn2ccnc2)c1. The Hall–Kier alpha value is -2.83. The number of hydrogen-bond donors (Lipinski definition) is 2. The molecule has 1 aromatic heterocycles. The van der Waals surface area contributed by atoms with Gasteiger partial charge in [-0.15, -0.1) is 0 Å². The lowest BCUT2D eigenvalue weighted by Crippen LogP contribution is -2.30. The molecular formula is C15H18N4O3. The second kappa shape index (κ2) is 7.82. The van der Waals surface area contributed by atoms with Gasteiger partial charge in [-0.25, -0.2) is 14.6 Å². The summed E-state index contributed by atoms with van der Waals surface area (Å²) in [6.07, 6.45) is 6.12. The highest BCUT2D eigenvalue weighted by Gasteiger charge is 2.07. The maximum absolute atomic E-state index is 11.8. The maximum Gasteiger partial charge on any atom is 0.337 e. The second-order valence-electron chi connectivity index (χ2n) is 4.61. The fourth-order valence-electron chi connectivity index (χ4n) is 1.90. The van der Waals surface area contributed by atoms with Crippen molar-refractivity contribution < 1.29 is 14.3 Å². The highest BCUT2D eigenvalue weighted by Crippen LogP contribution is 2.11. The molecule has 0 aliphatic rings. The van der Waals surface area contributed by atoms with Crippen LogP contribution in [0.1, 0.15) is 16.8 Å². The number of amides is 2. The smallest absolute Gasteiger partial charge is 0.337 e. The van der Waals surface area contributed by atoms with E-state index in [1.807, 2.05) is 10.8 Å². The molecule has 22 heavy (non-hydrogen) atoms. The van der Waals surface area contributed by atoms with Gasteiger partial charge in [-0.05, 0) is 24.6 Å². The third kappa shape index (κ3) is 4.62. The Bertz CT molecular complexity index is 625. The van der Waals surface area contributed by atoms with Crippen LogP contribution in [0.15, 0.2) is 43.0 Å². The zero-order valence-electron chi connectivity index (χ0n) is 12.3. The topological polar surface area (TPSA) is 85.2 Å². The average Bonchev–Trinajstić information content (AvgIpc) is 3.04. The molecule has 2 aromatic rings. The Morgan fingerprint density at radius 1 is 1.36 bits per heavy atom. The van der Waals surface area contributed by atoms with Crippen LogP contribution in [0.25, 0.3) is 0 Å². The first-order chi connectivity index (χ1) is 10.7. The number of rotatable bonds is 6. The molecule has 0 saturated heterocycles. The van der Waals surface area contributed by atoms with E-state index in [-0.39, 0.29) is 6.03 Å². The summed E-state index contributed by atoms with van der Waals surface area (Å²) < 4.78 is 6.58.